The molecule has 1 amide bonds. The summed E-state index contributed by atoms with van der Waals surface area (Å²) in [7, 11) is 0. The van der Waals surface area contributed by atoms with Crippen LogP contribution in [0.1, 0.15) is 35.7 Å². The van der Waals surface area contributed by atoms with Crippen molar-refractivity contribution in [3.63, 3.8) is 0 Å². The molecule has 3 rings (SSSR count). The molecule has 1 aliphatic rings. The van der Waals surface area contributed by atoms with Crippen LogP contribution in [0, 0.1) is 5.92 Å². The van der Waals surface area contributed by atoms with E-state index in [0.29, 0.717) is 18.0 Å². The highest BCUT2D eigenvalue weighted by molar-refractivity contribution is 5.99. The van der Waals surface area contributed by atoms with Crippen molar-refractivity contribution in [1.29, 1.82) is 0 Å². The van der Waals surface area contributed by atoms with Gasteiger partial charge in [0.05, 0.1) is 5.56 Å². The number of carbonyl (C=O) groups excluding carboxylic acids is 1. The molecule has 2 N–H and O–H groups in total. The van der Waals surface area contributed by atoms with E-state index in [-0.39, 0.29) is 11.9 Å². The number of para-hydroxylation sites is 1. The van der Waals surface area contributed by atoms with Gasteiger partial charge in [0, 0.05) is 30.7 Å². The van der Waals surface area contributed by atoms with Gasteiger partial charge < -0.3 is 10.6 Å². The van der Waals surface area contributed by atoms with E-state index < -0.39 is 0 Å². The van der Waals surface area contributed by atoms with Gasteiger partial charge in [0.25, 0.3) is 5.91 Å². The van der Waals surface area contributed by atoms with Crippen molar-refractivity contribution >= 4 is 11.6 Å². The fraction of sp³-hybridized carbons (Fsp3) is 0.333. The highest BCUT2D eigenvalue weighted by Crippen LogP contribution is 2.32. The van der Waals surface area contributed by atoms with Crippen molar-refractivity contribution in [3.8, 4) is 0 Å². The number of nitrogens with zero attached hydrogens (tertiary/aromatic N) is 1. The molecule has 4 heteroatoms. The summed E-state index contributed by atoms with van der Waals surface area (Å²) in [5.74, 6) is 0.646. The average Bonchev–Trinajstić information content (AvgIpc) is 3.39. The van der Waals surface area contributed by atoms with Crippen molar-refractivity contribution in [2.45, 2.75) is 32.4 Å². The number of nitrogens with one attached hydrogen (secondary N) is 2. The number of pyridine rings is 1. The third kappa shape index (κ3) is 3.64. The Morgan fingerprint density at radius 2 is 2.09 bits per heavy atom. The monoisotopic (exact) mass is 295 g/mol. The second-order valence-electron chi connectivity index (χ2n) is 5.86. The van der Waals surface area contributed by atoms with E-state index in [1.807, 2.05) is 42.6 Å². The summed E-state index contributed by atoms with van der Waals surface area (Å²) in [6.07, 6.45) is 6.03. The first-order valence-corrected chi connectivity index (χ1v) is 7.76. The molecule has 1 aromatic carbocycles. The van der Waals surface area contributed by atoms with E-state index in [1.54, 1.807) is 6.20 Å². The molecular weight excluding hydrogens is 274 g/mol. The Kier molecular flexibility index (Phi) is 4.37. The van der Waals surface area contributed by atoms with E-state index in [9.17, 15) is 4.79 Å². The molecule has 2 aromatic rings. The van der Waals surface area contributed by atoms with Gasteiger partial charge in [-0.25, -0.2) is 0 Å². The molecule has 0 saturated heterocycles. The van der Waals surface area contributed by atoms with Crippen LogP contribution in [0.3, 0.4) is 0 Å². The molecule has 0 spiro atoms. The average molecular weight is 295 g/mol. The maximum absolute atomic E-state index is 12.5. The molecule has 0 unspecified atom stereocenters. The number of aromatic nitrogens is 1. The molecule has 1 heterocycles. The minimum absolute atomic E-state index is 0.00585. The van der Waals surface area contributed by atoms with Crippen LogP contribution in [-0.4, -0.2) is 16.9 Å². The normalized spacial score (nSPS) is 15.1. The summed E-state index contributed by atoms with van der Waals surface area (Å²) in [5, 5.41) is 6.43. The zero-order valence-corrected chi connectivity index (χ0v) is 12.8. The van der Waals surface area contributed by atoms with Crippen molar-refractivity contribution in [1.82, 2.24) is 10.3 Å². The second kappa shape index (κ2) is 6.60. The highest BCUT2D eigenvalue weighted by Gasteiger charge is 2.29. The summed E-state index contributed by atoms with van der Waals surface area (Å²) >= 11 is 0. The van der Waals surface area contributed by atoms with Crippen LogP contribution in [0.4, 0.5) is 5.69 Å². The Bertz CT molecular complexity index is 638. The predicted molar refractivity (Wildman–Crippen MR) is 87.7 cm³/mol. The van der Waals surface area contributed by atoms with Gasteiger partial charge in [-0.3, -0.25) is 9.78 Å². The maximum Gasteiger partial charge on any atom is 0.253 e. The topological polar surface area (TPSA) is 54.0 Å². The van der Waals surface area contributed by atoms with Crippen molar-refractivity contribution in [2.75, 3.05) is 5.32 Å². The van der Waals surface area contributed by atoms with Crippen LogP contribution in [0.5, 0.6) is 0 Å². The Balaban J connectivity index is 1.67. The molecule has 1 atom stereocenters. The number of anilines is 1. The van der Waals surface area contributed by atoms with E-state index in [4.69, 9.17) is 0 Å². The zero-order valence-electron chi connectivity index (χ0n) is 12.8. The van der Waals surface area contributed by atoms with E-state index in [2.05, 4.69) is 22.5 Å². The maximum atomic E-state index is 12.5. The van der Waals surface area contributed by atoms with Gasteiger partial charge in [-0.15, -0.1) is 0 Å². The fourth-order valence-corrected chi connectivity index (χ4v) is 2.53. The third-order valence-corrected chi connectivity index (χ3v) is 4.07. The molecule has 1 fully saturated rings. The minimum atomic E-state index is -0.00585. The minimum Gasteiger partial charge on any atom is -0.380 e. The molecule has 0 bridgehead atoms. The molecule has 0 aliphatic heterocycles. The van der Waals surface area contributed by atoms with Gasteiger partial charge in [0.2, 0.25) is 0 Å². The number of rotatable bonds is 6. The van der Waals surface area contributed by atoms with Crippen molar-refractivity contribution in [2.24, 2.45) is 5.92 Å². The van der Waals surface area contributed by atoms with Gasteiger partial charge in [-0.05, 0) is 49.4 Å². The van der Waals surface area contributed by atoms with E-state index in [0.717, 1.165) is 11.3 Å². The van der Waals surface area contributed by atoms with Crippen LogP contribution < -0.4 is 10.6 Å². The predicted octanol–water partition coefficient (Wildman–Crippen LogP) is 3.22. The number of benzene rings is 1. The molecule has 22 heavy (non-hydrogen) atoms. The standard InChI is InChI=1S/C18H21N3O/c1-13(15-8-9-15)21-18(22)16-6-2-3-7-17(16)20-12-14-5-4-10-19-11-14/h2-7,10-11,13,15,20H,8-9,12H2,1H3,(H,21,22)/t13-/m1/s1. The number of amides is 1. The quantitative estimate of drug-likeness (QED) is 0.860. The first-order valence-electron chi connectivity index (χ1n) is 7.76. The lowest BCUT2D eigenvalue weighted by Gasteiger charge is -2.16. The molecular formula is C18H21N3O. The number of hydrogen-bond donors (Lipinski definition) is 2. The van der Waals surface area contributed by atoms with Crippen LogP contribution in [0.2, 0.25) is 0 Å². The fourth-order valence-electron chi connectivity index (χ4n) is 2.53. The van der Waals surface area contributed by atoms with Gasteiger partial charge in [-0.2, -0.15) is 0 Å². The molecule has 1 saturated carbocycles. The van der Waals surface area contributed by atoms with Gasteiger partial charge in [-0.1, -0.05) is 18.2 Å². The Morgan fingerprint density at radius 3 is 2.82 bits per heavy atom. The molecule has 1 aliphatic carbocycles. The number of carbonyl (C=O) groups is 1. The SMILES string of the molecule is C[C@@H](NC(=O)c1ccccc1NCc1cccnc1)C1CC1. The Hall–Kier alpha value is -2.36. The molecule has 0 radical (unpaired) electrons. The smallest absolute Gasteiger partial charge is 0.253 e. The van der Waals surface area contributed by atoms with Crippen LogP contribution in [0.25, 0.3) is 0 Å². The third-order valence-electron chi connectivity index (χ3n) is 4.07. The zero-order chi connectivity index (χ0) is 15.4. The lowest BCUT2D eigenvalue weighted by molar-refractivity contribution is 0.0936. The van der Waals surface area contributed by atoms with Crippen LogP contribution in [0.15, 0.2) is 48.8 Å². The van der Waals surface area contributed by atoms with Crippen LogP contribution in [-0.2, 0) is 6.54 Å². The summed E-state index contributed by atoms with van der Waals surface area (Å²) in [4.78, 5) is 16.6. The van der Waals surface area contributed by atoms with E-state index in [1.165, 1.54) is 12.8 Å². The Morgan fingerprint density at radius 1 is 1.27 bits per heavy atom. The van der Waals surface area contributed by atoms with Crippen LogP contribution >= 0.6 is 0 Å². The lowest BCUT2D eigenvalue weighted by Crippen LogP contribution is -2.34. The first-order chi connectivity index (χ1) is 10.7. The highest BCUT2D eigenvalue weighted by atomic mass is 16.1. The Labute approximate surface area is 131 Å². The molecule has 114 valence electrons. The molecule has 1 aromatic heterocycles. The summed E-state index contributed by atoms with van der Waals surface area (Å²) in [6.45, 7) is 2.73. The van der Waals surface area contributed by atoms with Gasteiger partial charge in [0.1, 0.15) is 0 Å². The second-order valence-corrected chi connectivity index (χ2v) is 5.86. The summed E-state index contributed by atoms with van der Waals surface area (Å²) < 4.78 is 0. The van der Waals surface area contributed by atoms with Crippen molar-refractivity contribution < 1.29 is 4.79 Å². The summed E-state index contributed by atoms with van der Waals surface area (Å²) in [5.41, 5.74) is 2.63. The lowest BCUT2D eigenvalue weighted by atomic mass is 10.1. The first kappa shape index (κ1) is 14.6. The number of hydrogen-bond acceptors (Lipinski definition) is 3. The largest absolute Gasteiger partial charge is 0.380 e. The van der Waals surface area contributed by atoms with E-state index >= 15 is 0 Å². The van der Waals surface area contributed by atoms with Gasteiger partial charge >= 0.3 is 0 Å². The molecule has 4 nitrogen and oxygen atoms in total. The summed E-state index contributed by atoms with van der Waals surface area (Å²) in [6, 6.07) is 11.8. The van der Waals surface area contributed by atoms with Gasteiger partial charge in [0.15, 0.2) is 0 Å². The van der Waals surface area contributed by atoms with Crippen molar-refractivity contribution in [3.05, 3.63) is 59.9 Å².